The third kappa shape index (κ3) is 4.15. The van der Waals surface area contributed by atoms with Crippen molar-refractivity contribution < 1.29 is 0 Å². The Morgan fingerprint density at radius 2 is 0.778 bits per heavy atom. The summed E-state index contributed by atoms with van der Waals surface area (Å²) in [5.41, 5.74) is 11.4. The fourth-order valence-corrected chi connectivity index (χ4v) is 9.15. The van der Waals surface area contributed by atoms with E-state index in [1.165, 1.54) is 81.5 Å². The van der Waals surface area contributed by atoms with E-state index < -0.39 is 0 Å². The molecule has 0 unspecified atom stereocenters. The predicted octanol–water partition coefficient (Wildman–Crippen LogP) is 13.5. The molecule has 3 heterocycles. The lowest BCUT2D eigenvalue weighted by molar-refractivity contribution is 1.13. The van der Waals surface area contributed by atoms with E-state index in [9.17, 15) is 0 Å². The lowest BCUT2D eigenvalue weighted by Crippen LogP contribution is -2.00. The van der Waals surface area contributed by atoms with Crippen LogP contribution >= 0.6 is 0 Å². The summed E-state index contributed by atoms with van der Waals surface area (Å²) < 4.78 is 4.84. The summed E-state index contributed by atoms with van der Waals surface area (Å²) in [5, 5.41) is 12.7. The molecule has 0 radical (unpaired) electrons. The summed E-state index contributed by atoms with van der Waals surface area (Å²) in [6.07, 6.45) is 4.03. The van der Waals surface area contributed by atoms with Crippen molar-refractivity contribution in [2.24, 2.45) is 0 Å². The predicted molar refractivity (Wildman–Crippen MR) is 227 cm³/mol. The molecule has 54 heavy (non-hydrogen) atoms. The average Bonchev–Trinajstić information content (AvgIpc) is 3.76. The van der Waals surface area contributed by atoms with Gasteiger partial charge in [0, 0.05) is 56.4 Å². The molecule has 0 amide bonds. The number of rotatable bonds is 4. The van der Waals surface area contributed by atoms with E-state index in [0.29, 0.717) is 0 Å². The molecule has 0 atom stereocenters. The zero-order valence-electron chi connectivity index (χ0n) is 29.2. The Morgan fingerprint density at radius 1 is 0.315 bits per heavy atom. The minimum absolute atomic E-state index is 1.07. The van der Waals surface area contributed by atoms with Crippen LogP contribution in [0, 0.1) is 0 Å². The van der Waals surface area contributed by atoms with E-state index in [1.54, 1.807) is 0 Å². The van der Waals surface area contributed by atoms with Crippen LogP contribution in [0.1, 0.15) is 0 Å². The van der Waals surface area contributed by atoms with Gasteiger partial charge in [-0.2, -0.15) is 0 Å². The van der Waals surface area contributed by atoms with Crippen molar-refractivity contribution in [1.82, 2.24) is 14.1 Å². The van der Waals surface area contributed by atoms with Crippen LogP contribution in [0.2, 0.25) is 0 Å². The van der Waals surface area contributed by atoms with Gasteiger partial charge >= 0.3 is 0 Å². The highest BCUT2D eigenvalue weighted by Gasteiger charge is 2.18. The number of aromatic nitrogens is 3. The Labute approximate surface area is 310 Å². The molecule has 0 bridgehead atoms. The Kier molecular flexibility index (Phi) is 6.05. The lowest BCUT2D eigenvalue weighted by atomic mass is 9.90. The molecule has 3 nitrogen and oxygen atoms in total. The number of pyridine rings is 1. The van der Waals surface area contributed by atoms with E-state index in [0.717, 1.165) is 28.1 Å². The maximum Gasteiger partial charge on any atom is 0.0541 e. The quantitative estimate of drug-likeness (QED) is 0.169. The largest absolute Gasteiger partial charge is 0.309 e. The summed E-state index contributed by atoms with van der Waals surface area (Å²) in [6.45, 7) is 0. The van der Waals surface area contributed by atoms with E-state index >= 15 is 0 Å². The summed E-state index contributed by atoms with van der Waals surface area (Å²) >= 11 is 0. The SMILES string of the molecule is c1cc2ccc3ccc(-c4cncc(-c5cc(-n6c7ccccc7c7ccccc76)cc(-n6c7ccccc7c7ccccc76)c5)c4)c4ccc(c1)c2c34. The van der Waals surface area contributed by atoms with Crippen LogP contribution in [-0.4, -0.2) is 14.1 Å². The van der Waals surface area contributed by atoms with Gasteiger partial charge in [0.1, 0.15) is 0 Å². The number of para-hydroxylation sites is 4. The number of hydrogen-bond donors (Lipinski definition) is 0. The maximum atomic E-state index is 4.92. The molecule has 0 fully saturated rings. The molecule has 0 saturated carbocycles. The highest BCUT2D eigenvalue weighted by Crippen LogP contribution is 2.41. The number of benzene rings is 9. The van der Waals surface area contributed by atoms with Crippen LogP contribution in [0.15, 0.2) is 188 Å². The molecule has 0 N–H and O–H groups in total. The molecule has 0 aliphatic carbocycles. The fourth-order valence-electron chi connectivity index (χ4n) is 9.15. The van der Waals surface area contributed by atoms with Gasteiger partial charge in [-0.1, -0.05) is 127 Å². The third-order valence-electron chi connectivity index (χ3n) is 11.5. The second kappa shape index (κ2) is 11.1. The summed E-state index contributed by atoms with van der Waals surface area (Å²) in [6, 6.07) is 64.4. The van der Waals surface area contributed by atoms with Gasteiger partial charge in [-0.3, -0.25) is 4.98 Å². The molecular weight excluding hydrogens is 655 g/mol. The first kappa shape index (κ1) is 29.4. The molecule has 12 rings (SSSR count). The zero-order valence-corrected chi connectivity index (χ0v) is 29.2. The standard InChI is InChI=1S/C51H31N3/c1-5-16-46-41(12-1)42-13-2-6-17-47(42)53(46)38-27-35(28-39(29-38)54-48-18-7-3-14-43(48)44-15-4-8-19-49(44)54)36-26-37(31-52-30-36)40-24-22-34-21-20-32-10-9-11-33-23-25-45(40)51(34)50(32)33/h1-31H. The van der Waals surface area contributed by atoms with Gasteiger partial charge in [0.15, 0.2) is 0 Å². The van der Waals surface area contributed by atoms with Crippen LogP contribution in [0.25, 0.3) is 110 Å². The van der Waals surface area contributed by atoms with Crippen molar-refractivity contribution in [1.29, 1.82) is 0 Å². The van der Waals surface area contributed by atoms with Crippen molar-refractivity contribution >= 4 is 75.9 Å². The van der Waals surface area contributed by atoms with Gasteiger partial charge in [0.25, 0.3) is 0 Å². The topological polar surface area (TPSA) is 22.8 Å². The van der Waals surface area contributed by atoms with Gasteiger partial charge < -0.3 is 9.13 Å². The summed E-state index contributed by atoms with van der Waals surface area (Å²) in [5.74, 6) is 0. The Morgan fingerprint density at radius 3 is 1.33 bits per heavy atom. The van der Waals surface area contributed by atoms with Gasteiger partial charge in [-0.05, 0) is 92.0 Å². The average molecular weight is 686 g/mol. The molecule has 3 heteroatoms. The van der Waals surface area contributed by atoms with Crippen LogP contribution in [-0.2, 0) is 0 Å². The zero-order chi connectivity index (χ0) is 35.3. The van der Waals surface area contributed by atoms with Crippen molar-refractivity contribution in [3.8, 4) is 33.6 Å². The molecule has 0 aliphatic rings. The second-order valence-corrected chi connectivity index (χ2v) is 14.4. The van der Waals surface area contributed by atoms with Gasteiger partial charge in [0.2, 0.25) is 0 Å². The number of hydrogen-bond acceptors (Lipinski definition) is 1. The molecule has 12 aromatic rings. The van der Waals surface area contributed by atoms with Crippen LogP contribution in [0.5, 0.6) is 0 Å². The second-order valence-electron chi connectivity index (χ2n) is 14.4. The van der Waals surface area contributed by atoms with Crippen molar-refractivity contribution in [3.05, 3.63) is 188 Å². The van der Waals surface area contributed by atoms with Crippen molar-refractivity contribution in [3.63, 3.8) is 0 Å². The normalized spacial score (nSPS) is 12.1. The highest BCUT2D eigenvalue weighted by atomic mass is 15.0. The fraction of sp³-hybridized carbons (Fsp3) is 0. The van der Waals surface area contributed by atoms with Crippen LogP contribution in [0.3, 0.4) is 0 Å². The van der Waals surface area contributed by atoms with E-state index in [-0.39, 0.29) is 0 Å². The van der Waals surface area contributed by atoms with Crippen molar-refractivity contribution in [2.45, 2.75) is 0 Å². The molecule has 3 aromatic heterocycles. The lowest BCUT2D eigenvalue weighted by Gasteiger charge is -2.17. The monoisotopic (exact) mass is 685 g/mol. The maximum absolute atomic E-state index is 4.92. The summed E-state index contributed by atoms with van der Waals surface area (Å²) in [4.78, 5) is 4.92. The smallest absolute Gasteiger partial charge is 0.0541 e. The molecule has 0 spiro atoms. The number of fused-ring (bicyclic) bond motifs is 6. The summed E-state index contributed by atoms with van der Waals surface area (Å²) in [7, 11) is 0. The first-order valence-corrected chi connectivity index (χ1v) is 18.5. The molecule has 0 aliphatic heterocycles. The van der Waals surface area contributed by atoms with Crippen molar-refractivity contribution in [2.75, 3.05) is 0 Å². The third-order valence-corrected chi connectivity index (χ3v) is 11.5. The minimum atomic E-state index is 1.07. The van der Waals surface area contributed by atoms with E-state index in [2.05, 4.69) is 185 Å². The van der Waals surface area contributed by atoms with Crippen LogP contribution < -0.4 is 0 Å². The first-order chi connectivity index (χ1) is 26.8. The first-order valence-electron chi connectivity index (χ1n) is 18.5. The molecule has 250 valence electrons. The van der Waals surface area contributed by atoms with Crippen LogP contribution in [0.4, 0.5) is 0 Å². The minimum Gasteiger partial charge on any atom is -0.309 e. The van der Waals surface area contributed by atoms with E-state index in [4.69, 9.17) is 4.98 Å². The molecule has 9 aromatic carbocycles. The Bertz CT molecular complexity index is 3200. The van der Waals surface area contributed by atoms with Gasteiger partial charge in [-0.15, -0.1) is 0 Å². The Balaban J connectivity index is 1.13. The van der Waals surface area contributed by atoms with Gasteiger partial charge in [-0.25, -0.2) is 0 Å². The Hall–Kier alpha value is -7.23. The highest BCUT2D eigenvalue weighted by molar-refractivity contribution is 6.25. The molecular formula is C51H31N3. The van der Waals surface area contributed by atoms with E-state index in [1.807, 2.05) is 12.4 Å². The number of nitrogens with zero attached hydrogens (tertiary/aromatic N) is 3. The van der Waals surface area contributed by atoms with Gasteiger partial charge in [0.05, 0.1) is 22.1 Å². The molecule has 0 saturated heterocycles.